The molecule has 3 aromatic rings. The minimum atomic E-state index is -0.285. The number of hydrogen-bond acceptors (Lipinski definition) is 7. The van der Waals surface area contributed by atoms with Gasteiger partial charge in [-0.05, 0) is 35.9 Å². The van der Waals surface area contributed by atoms with Crippen LogP contribution in [-0.2, 0) is 17.9 Å². The highest BCUT2D eigenvalue weighted by Gasteiger charge is 2.15. The topological polar surface area (TPSA) is 95.3 Å². The van der Waals surface area contributed by atoms with Gasteiger partial charge in [-0.15, -0.1) is 16.8 Å². The van der Waals surface area contributed by atoms with Crippen molar-refractivity contribution >= 4 is 45.5 Å². The van der Waals surface area contributed by atoms with Crippen LogP contribution in [0.25, 0.3) is 6.08 Å². The number of ether oxygens (including phenoxy) is 2. The van der Waals surface area contributed by atoms with Crippen LogP contribution in [0.3, 0.4) is 0 Å². The first-order valence-corrected chi connectivity index (χ1v) is 12.4. The van der Waals surface area contributed by atoms with E-state index >= 15 is 0 Å². The van der Waals surface area contributed by atoms with Gasteiger partial charge in [-0.25, -0.2) is 0 Å². The molecule has 8 nitrogen and oxygen atoms in total. The van der Waals surface area contributed by atoms with E-state index in [1.807, 2.05) is 22.8 Å². The first-order chi connectivity index (χ1) is 16.9. The maximum Gasteiger partial charge on any atom is 0.244 e. The molecule has 10 heteroatoms. The number of Topliss-reactive ketones (excluding diaryl/α,β-unsaturated/α-hetero) is 1. The predicted molar refractivity (Wildman–Crippen MR) is 140 cm³/mol. The van der Waals surface area contributed by atoms with Gasteiger partial charge in [0, 0.05) is 22.7 Å². The molecule has 1 heterocycles. The van der Waals surface area contributed by atoms with Crippen molar-refractivity contribution in [2.45, 2.75) is 18.2 Å². The van der Waals surface area contributed by atoms with Crippen LogP contribution in [0, 0.1) is 0 Å². The van der Waals surface area contributed by atoms with Gasteiger partial charge in [-0.1, -0.05) is 52.0 Å². The Hall–Kier alpha value is -3.37. The number of hydrogen-bond donors (Lipinski definition) is 1. The molecule has 0 bridgehead atoms. The number of carbonyl (C=O) groups is 2. The summed E-state index contributed by atoms with van der Waals surface area (Å²) in [5.41, 5.74) is 1.42. The SMILES string of the molecule is C=CCn1c(CNC(=O)/C=C/c2ccc(OC)c(OC)c2)nnc1SCC(=O)c1ccc(Br)cc1. The third-order valence-electron chi connectivity index (χ3n) is 4.86. The number of rotatable bonds is 12. The van der Waals surface area contributed by atoms with Crippen molar-refractivity contribution in [2.24, 2.45) is 0 Å². The summed E-state index contributed by atoms with van der Waals surface area (Å²) >= 11 is 4.66. The van der Waals surface area contributed by atoms with Crippen LogP contribution in [-0.4, -0.2) is 46.4 Å². The highest BCUT2D eigenvalue weighted by molar-refractivity contribution is 9.10. The lowest BCUT2D eigenvalue weighted by atomic mass is 10.2. The number of allylic oxidation sites excluding steroid dienone is 1. The molecule has 0 unspecified atom stereocenters. The summed E-state index contributed by atoms with van der Waals surface area (Å²) in [6.07, 6.45) is 4.83. The van der Waals surface area contributed by atoms with Gasteiger partial charge >= 0.3 is 0 Å². The monoisotopic (exact) mass is 556 g/mol. The molecule has 35 heavy (non-hydrogen) atoms. The lowest BCUT2D eigenvalue weighted by Gasteiger charge is -2.08. The van der Waals surface area contributed by atoms with E-state index in [9.17, 15) is 9.59 Å². The van der Waals surface area contributed by atoms with Crippen molar-refractivity contribution in [2.75, 3.05) is 20.0 Å². The van der Waals surface area contributed by atoms with E-state index in [1.54, 1.807) is 50.6 Å². The van der Waals surface area contributed by atoms with Gasteiger partial charge in [-0.2, -0.15) is 0 Å². The van der Waals surface area contributed by atoms with Gasteiger partial charge in [0.15, 0.2) is 28.3 Å². The van der Waals surface area contributed by atoms with Crippen molar-refractivity contribution in [3.8, 4) is 11.5 Å². The summed E-state index contributed by atoms with van der Waals surface area (Å²) in [7, 11) is 3.12. The molecule has 0 fully saturated rings. The minimum Gasteiger partial charge on any atom is -0.493 e. The lowest BCUT2D eigenvalue weighted by molar-refractivity contribution is -0.116. The van der Waals surface area contributed by atoms with Gasteiger partial charge in [0.2, 0.25) is 5.91 Å². The van der Waals surface area contributed by atoms with Crippen molar-refractivity contribution in [3.05, 3.63) is 82.6 Å². The summed E-state index contributed by atoms with van der Waals surface area (Å²) in [6, 6.07) is 12.6. The Morgan fingerprint density at radius 3 is 2.54 bits per heavy atom. The second-order valence-corrected chi connectivity index (χ2v) is 9.04. The number of ketones is 1. The van der Waals surface area contributed by atoms with Crippen LogP contribution < -0.4 is 14.8 Å². The first-order valence-electron chi connectivity index (χ1n) is 10.6. The van der Waals surface area contributed by atoms with E-state index in [-0.39, 0.29) is 24.0 Å². The van der Waals surface area contributed by atoms with Crippen molar-refractivity contribution in [1.29, 1.82) is 0 Å². The van der Waals surface area contributed by atoms with Crippen LogP contribution in [0.1, 0.15) is 21.7 Å². The highest BCUT2D eigenvalue weighted by atomic mass is 79.9. The summed E-state index contributed by atoms with van der Waals surface area (Å²) in [4.78, 5) is 24.8. The molecule has 0 spiro atoms. The van der Waals surface area contributed by atoms with E-state index in [2.05, 4.69) is 38.0 Å². The fraction of sp³-hybridized carbons (Fsp3) is 0.200. The Kier molecular flexibility index (Phi) is 9.68. The van der Waals surface area contributed by atoms with E-state index in [1.165, 1.54) is 17.8 Å². The van der Waals surface area contributed by atoms with Crippen LogP contribution in [0.4, 0.5) is 0 Å². The Morgan fingerprint density at radius 2 is 1.86 bits per heavy atom. The molecule has 0 radical (unpaired) electrons. The quantitative estimate of drug-likeness (QED) is 0.151. The summed E-state index contributed by atoms with van der Waals surface area (Å²) in [6.45, 7) is 4.41. The number of amides is 1. The van der Waals surface area contributed by atoms with Gasteiger partial charge in [0.05, 0.1) is 26.5 Å². The zero-order chi connectivity index (χ0) is 25.2. The van der Waals surface area contributed by atoms with Crippen LogP contribution in [0.2, 0.25) is 0 Å². The third kappa shape index (κ3) is 7.30. The standard InChI is InChI=1S/C25H25BrN4O4S/c1-4-13-30-23(28-29-25(30)35-16-20(31)18-7-9-19(26)10-8-18)15-27-24(32)12-6-17-5-11-21(33-2)22(14-17)34-3/h4-12,14H,1,13,15-16H2,2-3H3,(H,27,32)/b12-6+. The molecule has 1 amide bonds. The van der Waals surface area contributed by atoms with E-state index < -0.39 is 0 Å². The Balaban J connectivity index is 1.60. The smallest absolute Gasteiger partial charge is 0.244 e. The predicted octanol–water partition coefficient (Wildman–Crippen LogP) is 4.55. The zero-order valence-corrected chi connectivity index (χ0v) is 21.8. The number of methoxy groups -OCH3 is 2. The number of thioether (sulfide) groups is 1. The first kappa shape index (κ1) is 26.2. The van der Waals surface area contributed by atoms with Gasteiger partial charge in [0.1, 0.15) is 0 Å². The third-order valence-corrected chi connectivity index (χ3v) is 6.35. The molecule has 0 atom stereocenters. The summed E-state index contributed by atoms with van der Waals surface area (Å²) in [5, 5.41) is 11.8. The molecule has 1 aromatic heterocycles. The zero-order valence-electron chi connectivity index (χ0n) is 19.4. The number of nitrogens with zero attached hydrogens (tertiary/aromatic N) is 3. The maximum absolute atomic E-state index is 12.5. The average Bonchev–Trinajstić information content (AvgIpc) is 3.26. The number of benzene rings is 2. The molecule has 3 rings (SSSR count). The number of carbonyl (C=O) groups excluding carboxylic acids is 2. The van der Waals surface area contributed by atoms with Crippen LogP contribution >= 0.6 is 27.7 Å². The average molecular weight is 557 g/mol. The molecule has 0 aliphatic carbocycles. The van der Waals surface area contributed by atoms with Crippen LogP contribution in [0.15, 0.2) is 70.8 Å². The normalized spacial score (nSPS) is 10.8. The molecule has 0 aliphatic heterocycles. The van der Waals surface area contributed by atoms with Gasteiger partial charge in [0.25, 0.3) is 0 Å². The molecule has 0 saturated heterocycles. The minimum absolute atomic E-state index is 0.00851. The molecule has 1 N–H and O–H groups in total. The fourth-order valence-electron chi connectivity index (χ4n) is 3.07. The van der Waals surface area contributed by atoms with Crippen LogP contribution in [0.5, 0.6) is 11.5 Å². The van der Waals surface area contributed by atoms with E-state index in [4.69, 9.17) is 9.47 Å². The Morgan fingerprint density at radius 1 is 1.11 bits per heavy atom. The molecule has 0 aliphatic rings. The highest BCUT2D eigenvalue weighted by Crippen LogP contribution is 2.28. The molecular formula is C25H25BrN4O4S. The number of halogens is 1. The van der Waals surface area contributed by atoms with Crippen molar-refractivity contribution in [1.82, 2.24) is 20.1 Å². The maximum atomic E-state index is 12.5. The van der Waals surface area contributed by atoms with E-state index in [0.717, 1.165) is 10.0 Å². The second-order valence-electron chi connectivity index (χ2n) is 7.18. The number of aromatic nitrogens is 3. The van der Waals surface area contributed by atoms with E-state index in [0.29, 0.717) is 34.6 Å². The summed E-state index contributed by atoms with van der Waals surface area (Å²) < 4.78 is 13.2. The Labute approximate surface area is 216 Å². The fourth-order valence-corrected chi connectivity index (χ4v) is 4.20. The second kappa shape index (κ2) is 12.9. The molecular weight excluding hydrogens is 532 g/mol. The number of nitrogens with one attached hydrogen (secondary N) is 1. The molecule has 182 valence electrons. The van der Waals surface area contributed by atoms with Crippen molar-refractivity contribution in [3.63, 3.8) is 0 Å². The van der Waals surface area contributed by atoms with Crippen molar-refractivity contribution < 1.29 is 19.1 Å². The Bertz CT molecular complexity index is 1220. The molecule has 0 saturated carbocycles. The van der Waals surface area contributed by atoms with Gasteiger partial charge in [-0.3, -0.25) is 9.59 Å². The molecule has 2 aromatic carbocycles. The lowest BCUT2D eigenvalue weighted by Crippen LogP contribution is -2.22. The van der Waals surface area contributed by atoms with Gasteiger partial charge < -0.3 is 19.4 Å². The largest absolute Gasteiger partial charge is 0.493 e. The summed E-state index contributed by atoms with van der Waals surface area (Å²) in [5.74, 6) is 1.69.